The van der Waals surface area contributed by atoms with Gasteiger partial charge in [0.1, 0.15) is 5.82 Å². The third kappa shape index (κ3) is 4.51. The summed E-state index contributed by atoms with van der Waals surface area (Å²) >= 11 is 3.38. The zero-order chi connectivity index (χ0) is 16.0. The molecular weight excluding hydrogens is 331 g/mol. The quantitative estimate of drug-likeness (QED) is 0.747. The molecule has 0 saturated heterocycles. The van der Waals surface area contributed by atoms with Crippen LogP contribution in [0.25, 0.3) is 0 Å². The van der Waals surface area contributed by atoms with E-state index >= 15 is 0 Å². The topological polar surface area (TPSA) is 15.3 Å². The summed E-state index contributed by atoms with van der Waals surface area (Å²) < 4.78 is 14.4. The predicted octanol–water partition coefficient (Wildman–Crippen LogP) is 4.23. The van der Waals surface area contributed by atoms with Gasteiger partial charge in [0.05, 0.1) is 0 Å². The van der Waals surface area contributed by atoms with E-state index < -0.39 is 0 Å². The Hall–Kier alpha value is -0.450. The molecule has 21 heavy (non-hydrogen) atoms. The second-order valence-electron chi connectivity index (χ2n) is 5.80. The molecule has 4 heteroatoms. The summed E-state index contributed by atoms with van der Waals surface area (Å²) in [6, 6.07) is 5.45. The standard InChI is InChI=1S/C17H28BrFN2/c1-6-17(7-2,21(4)5)16(20-8-3)11-13-9-14(18)12-15(19)10-13/h9-10,12,16,20H,6-8,11H2,1-5H3. The van der Waals surface area contributed by atoms with Crippen LogP contribution in [0.15, 0.2) is 22.7 Å². The van der Waals surface area contributed by atoms with Crippen LogP contribution in [-0.4, -0.2) is 37.1 Å². The maximum atomic E-state index is 13.6. The lowest BCUT2D eigenvalue weighted by Crippen LogP contribution is -2.59. The Morgan fingerprint density at radius 1 is 1.19 bits per heavy atom. The first-order valence-electron chi connectivity index (χ1n) is 7.75. The number of nitrogens with one attached hydrogen (secondary N) is 1. The Labute approximate surface area is 137 Å². The van der Waals surface area contributed by atoms with E-state index in [1.54, 1.807) is 6.07 Å². The number of likely N-dealkylation sites (N-methyl/N-ethyl adjacent to an activating group) is 2. The molecule has 0 amide bonds. The van der Waals surface area contributed by atoms with Crippen molar-refractivity contribution in [2.24, 2.45) is 0 Å². The lowest BCUT2D eigenvalue weighted by molar-refractivity contribution is 0.0889. The third-order valence-corrected chi connectivity index (χ3v) is 5.03. The van der Waals surface area contributed by atoms with Crippen molar-refractivity contribution in [2.45, 2.75) is 51.6 Å². The van der Waals surface area contributed by atoms with E-state index in [1.165, 1.54) is 6.07 Å². The van der Waals surface area contributed by atoms with Gasteiger partial charge in [-0.3, -0.25) is 0 Å². The van der Waals surface area contributed by atoms with E-state index in [0.717, 1.165) is 35.8 Å². The molecule has 1 N–H and O–H groups in total. The molecule has 0 radical (unpaired) electrons. The molecule has 0 aliphatic rings. The fourth-order valence-corrected chi connectivity index (χ4v) is 3.86. The first-order chi connectivity index (χ1) is 9.89. The fraction of sp³-hybridized carbons (Fsp3) is 0.647. The maximum absolute atomic E-state index is 13.6. The molecule has 0 spiro atoms. The van der Waals surface area contributed by atoms with Crippen molar-refractivity contribution >= 4 is 15.9 Å². The van der Waals surface area contributed by atoms with E-state index in [2.05, 4.69) is 61.0 Å². The Morgan fingerprint density at radius 3 is 2.24 bits per heavy atom. The molecule has 1 rings (SSSR count). The number of nitrogens with zero attached hydrogens (tertiary/aromatic N) is 1. The highest BCUT2D eigenvalue weighted by molar-refractivity contribution is 9.10. The first-order valence-corrected chi connectivity index (χ1v) is 8.54. The number of hydrogen-bond donors (Lipinski definition) is 1. The van der Waals surface area contributed by atoms with Crippen LogP contribution in [0.5, 0.6) is 0 Å². The molecule has 0 aromatic heterocycles. The van der Waals surface area contributed by atoms with E-state index in [0.29, 0.717) is 6.04 Å². The molecule has 0 fully saturated rings. The molecule has 0 aliphatic carbocycles. The van der Waals surface area contributed by atoms with E-state index in [4.69, 9.17) is 0 Å². The van der Waals surface area contributed by atoms with E-state index in [1.807, 2.05) is 6.07 Å². The molecule has 1 aromatic rings. The van der Waals surface area contributed by atoms with Crippen LogP contribution in [0.3, 0.4) is 0 Å². The second kappa shape index (κ2) is 8.25. The highest BCUT2D eigenvalue weighted by Crippen LogP contribution is 2.29. The monoisotopic (exact) mass is 358 g/mol. The van der Waals surface area contributed by atoms with E-state index in [9.17, 15) is 4.39 Å². The van der Waals surface area contributed by atoms with Gasteiger partial charge in [0.2, 0.25) is 0 Å². The Balaban J connectivity index is 3.10. The fourth-order valence-electron chi connectivity index (χ4n) is 3.35. The Kier molecular flexibility index (Phi) is 7.31. The number of rotatable bonds is 8. The lowest BCUT2D eigenvalue weighted by Gasteiger charge is -2.45. The summed E-state index contributed by atoms with van der Waals surface area (Å²) in [7, 11) is 4.28. The van der Waals surface area contributed by atoms with Crippen molar-refractivity contribution in [1.82, 2.24) is 10.2 Å². The smallest absolute Gasteiger partial charge is 0.124 e. The van der Waals surface area contributed by atoms with Crippen LogP contribution < -0.4 is 5.32 Å². The van der Waals surface area contributed by atoms with Gasteiger partial charge in [-0.1, -0.05) is 36.7 Å². The molecule has 1 aromatic carbocycles. The summed E-state index contributed by atoms with van der Waals surface area (Å²) in [6.45, 7) is 7.50. The average molecular weight is 359 g/mol. The van der Waals surface area contributed by atoms with Crippen molar-refractivity contribution in [1.29, 1.82) is 0 Å². The minimum Gasteiger partial charge on any atom is -0.312 e. The summed E-state index contributed by atoms with van der Waals surface area (Å²) in [4.78, 5) is 2.31. The summed E-state index contributed by atoms with van der Waals surface area (Å²) in [5, 5.41) is 3.61. The van der Waals surface area contributed by atoms with Gasteiger partial charge in [-0.05, 0) is 63.7 Å². The Bertz CT molecular complexity index is 424. The zero-order valence-corrected chi connectivity index (χ0v) is 15.4. The highest BCUT2D eigenvalue weighted by atomic mass is 79.9. The predicted molar refractivity (Wildman–Crippen MR) is 92.3 cm³/mol. The van der Waals surface area contributed by atoms with E-state index in [-0.39, 0.29) is 11.4 Å². The first kappa shape index (κ1) is 18.6. The third-order valence-electron chi connectivity index (χ3n) is 4.58. The van der Waals surface area contributed by atoms with Crippen LogP contribution in [0.4, 0.5) is 4.39 Å². The van der Waals surface area contributed by atoms with Gasteiger partial charge in [0.15, 0.2) is 0 Å². The van der Waals surface area contributed by atoms with Gasteiger partial charge in [0, 0.05) is 16.1 Å². The molecule has 0 aliphatic heterocycles. The van der Waals surface area contributed by atoms with Crippen molar-refractivity contribution < 1.29 is 4.39 Å². The van der Waals surface area contributed by atoms with Crippen molar-refractivity contribution in [3.8, 4) is 0 Å². The van der Waals surface area contributed by atoms with Crippen LogP contribution in [-0.2, 0) is 6.42 Å². The zero-order valence-electron chi connectivity index (χ0n) is 13.8. The molecular formula is C17H28BrFN2. The van der Waals surface area contributed by atoms with Gasteiger partial charge in [-0.25, -0.2) is 4.39 Å². The molecule has 2 nitrogen and oxygen atoms in total. The lowest BCUT2D eigenvalue weighted by atomic mass is 9.80. The minimum absolute atomic E-state index is 0.0782. The Morgan fingerprint density at radius 2 is 1.81 bits per heavy atom. The summed E-state index contributed by atoms with van der Waals surface area (Å²) in [5.41, 5.74) is 1.11. The van der Waals surface area contributed by atoms with Gasteiger partial charge >= 0.3 is 0 Å². The largest absolute Gasteiger partial charge is 0.312 e. The molecule has 120 valence electrons. The summed E-state index contributed by atoms with van der Waals surface area (Å²) in [5.74, 6) is -0.182. The van der Waals surface area contributed by atoms with Gasteiger partial charge in [-0.15, -0.1) is 0 Å². The molecule has 0 heterocycles. The summed E-state index contributed by atoms with van der Waals surface area (Å²) in [6.07, 6.45) is 2.94. The average Bonchev–Trinajstić information content (AvgIpc) is 2.39. The van der Waals surface area contributed by atoms with Crippen LogP contribution >= 0.6 is 15.9 Å². The van der Waals surface area contributed by atoms with Crippen LogP contribution in [0, 0.1) is 5.82 Å². The molecule has 0 bridgehead atoms. The normalized spacial score (nSPS) is 13.7. The second-order valence-corrected chi connectivity index (χ2v) is 6.71. The molecule has 1 atom stereocenters. The highest BCUT2D eigenvalue weighted by Gasteiger charge is 2.37. The molecule has 0 saturated carbocycles. The van der Waals surface area contributed by atoms with Crippen LogP contribution in [0.1, 0.15) is 39.2 Å². The molecule has 1 unspecified atom stereocenters. The van der Waals surface area contributed by atoms with Crippen molar-refractivity contribution in [2.75, 3.05) is 20.6 Å². The number of hydrogen-bond acceptors (Lipinski definition) is 2. The van der Waals surface area contributed by atoms with Crippen molar-refractivity contribution in [3.63, 3.8) is 0 Å². The van der Waals surface area contributed by atoms with Gasteiger partial charge < -0.3 is 10.2 Å². The van der Waals surface area contributed by atoms with Crippen LogP contribution in [0.2, 0.25) is 0 Å². The van der Waals surface area contributed by atoms with Gasteiger partial charge in [0.25, 0.3) is 0 Å². The number of halogens is 2. The number of benzene rings is 1. The maximum Gasteiger partial charge on any atom is 0.124 e. The SMILES string of the molecule is CCNC(Cc1cc(F)cc(Br)c1)C(CC)(CC)N(C)C. The van der Waals surface area contributed by atoms with Crippen molar-refractivity contribution in [3.05, 3.63) is 34.1 Å². The minimum atomic E-state index is -0.182. The van der Waals surface area contributed by atoms with Gasteiger partial charge in [-0.2, -0.15) is 0 Å².